The van der Waals surface area contributed by atoms with Crippen LogP contribution < -0.4 is 0 Å². The molecule has 0 aromatic carbocycles. The molecule has 0 aromatic heterocycles. The van der Waals surface area contributed by atoms with Crippen LogP contribution in [0.25, 0.3) is 0 Å². The van der Waals surface area contributed by atoms with Crippen molar-refractivity contribution in [1.82, 2.24) is 0 Å². The molecule has 0 aliphatic carbocycles. The molecule has 0 bridgehead atoms. The molecule has 0 atom stereocenters. The third-order valence-corrected chi connectivity index (χ3v) is 0. The molecule has 0 rings (SSSR count). The summed E-state index contributed by atoms with van der Waals surface area (Å²) in [6.07, 6.45) is 0. The number of halogens is 2. The fourth-order valence-corrected chi connectivity index (χ4v) is 0. The SMILES string of the molecule is O.[Br][Cr][Br]. The van der Waals surface area contributed by atoms with Crippen molar-refractivity contribution in [1.29, 1.82) is 0 Å². The Balaban J connectivity index is 0. The van der Waals surface area contributed by atoms with Crippen molar-refractivity contribution in [2.45, 2.75) is 0 Å². The monoisotopic (exact) mass is 228 g/mol. The van der Waals surface area contributed by atoms with E-state index in [1.807, 2.05) is 0 Å². The van der Waals surface area contributed by atoms with Crippen molar-refractivity contribution in [2.75, 3.05) is 0 Å². The van der Waals surface area contributed by atoms with Gasteiger partial charge in [0.05, 0.1) is 0 Å². The van der Waals surface area contributed by atoms with E-state index in [0.29, 0.717) is 11.6 Å². The van der Waals surface area contributed by atoms with Crippen LogP contribution in [0.15, 0.2) is 0 Å². The summed E-state index contributed by atoms with van der Waals surface area (Å²) in [5.74, 6) is 0. The predicted molar refractivity (Wildman–Crippen MR) is 21.5 cm³/mol. The van der Waals surface area contributed by atoms with E-state index in [1.54, 1.807) is 0 Å². The molecule has 2 N–H and O–H groups in total. The van der Waals surface area contributed by atoms with Gasteiger partial charge < -0.3 is 5.48 Å². The summed E-state index contributed by atoms with van der Waals surface area (Å²) < 4.78 is 0. The third-order valence-electron chi connectivity index (χ3n) is 0. The van der Waals surface area contributed by atoms with E-state index in [1.165, 1.54) is 0 Å². The summed E-state index contributed by atoms with van der Waals surface area (Å²) in [4.78, 5) is 0. The van der Waals surface area contributed by atoms with E-state index in [9.17, 15) is 0 Å². The molecule has 28 valence electrons. The molecule has 0 spiro atoms. The van der Waals surface area contributed by atoms with Crippen LogP contribution >= 0.6 is 28.1 Å². The molecule has 0 aliphatic rings. The summed E-state index contributed by atoms with van der Waals surface area (Å²) in [6, 6.07) is 0. The van der Waals surface area contributed by atoms with Gasteiger partial charge in [0.1, 0.15) is 0 Å². The average molecular weight is 230 g/mol. The van der Waals surface area contributed by atoms with Crippen LogP contribution in [-0.4, -0.2) is 5.48 Å². The van der Waals surface area contributed by atoms with E-state index in [-0.39, 0.29) is 5.48 Å². The Morgan fingerprint density at radius 3 is 1.25 bits per heavy atom. The van der Waals surface area contributed by atoms with Crippen LogP contribution in [0, 0.1) is 0 Å². The molecule has 0 saturated carbocycles. The predicted octanol–water partition coefficient (Wildman–Crippen LogP) is 0.864. The van der Waals surface area contributed by atoms with Gasteiger partial charge in [-0.25, -0.2) is 0 Å². The summed E-state index contributed by atoms with van der Waals surface area (Å²) in [5, 5.41) is 0. The van der Waals surface area contributed by atoms with Gasteiger partial charge in [0, 0.05) is 0 Å². The Morgan fingerprint density at radius 1 is 1.25 bits per heavy atom. The molecular weight excluding hydrogens is 228 g/mol. The normalized spacial score (nSPS) is 4.50. The first-order valence-electron chi connectivity index (χ1n) is 0.309. The molecule has 0 aromatic rings. The summed E-state index contributed by atoms with van der Waals surface area (Å²) in [5.41, 5.74) is 0. The van der Waals surface area contributed by atoms with Gasteiger partial charge in [-0.1, -0.05) is 0 Å². The van der Waals surface area contributed by atoms with Crippen molar-refractivity contribution in [3.8, 4) is 0 Å². The Morgan fingerprint density at radius 2 is 1.25 bits per heavy atom. The van der Waals surface area contributed by atoms with Crippen LogP contribution in [0.4, 0.5) is 0 Å². The Labute approximate surface area is 45.1 Å². The molecule has 1 nitrogen and oxygen atoms in total. The van der Waals surface area contributed by atoms with Gasteiger partial charge >= 0.3 is 39.7 Å². The quantitative estimate of drug-likeness (QED) is 0.591. The van der Waals surface area contributed by atoms with Crippen molar-refractivity contribution in [3.63, 3.8) is 0 Å². The van der Waals surface area contributed by atoms with Gasteiger partial charge in [0.25, 0.3) is 0 Å². The van der Waals surface area contributed by atoms with E-state index < -0.39 is 0 Å². The topological polar surface area (TPSA) is 31.5 Å². The molecule has 0 saturated heterocycles. The molecule has 0 heterocycles. The van der Waals surface area contributed by atoms with Crippen molar-refractivity contribution in [2.24, 2.45) is 0 Å². The van der Waals surface area contributed by atoms with Crippen LogP contribution in [0.5, 0.6) is 0 Å². The van der Waals surface area contributed by atoms with Gasteiger partial charge in [-0.2, -0.15) is 0 Å². The molecule has 0 aliphatic heterocycles. The van der Waals surface area contributed by atoms with Crippen LogP contribution in [0.2, 0.25) is 0 Å². The van der Waals surface area contributed by atoms with E-state index in [0.717, 1.165) is 0 Å². The molecule has 0 unspecified atom stereocenters. The maximum absolute atomic E-state index is 3.12. The zero-order chi connectivity index (χ0) is 2.71. The van der Waals surface area contributed by atoms with E-state index in [4.69, 9.17) is 0 Å². The van der Waals surface area contributed by atoms with Crippen molar-refractivity contribution >= 4 is 28.1 Å². The molecular formula is H2Br2CrO. The number of hydrogen-bond acceptors (Lipinski definition) is 0. The second-order valence-electron chi connectivity index (χ2n) is 0.0583. The number of hydrogen-bond donors (Lipinski definition) is 0. The van der Waals surface area contributed by atoms with Gasteiger partial charge in [-0.05, 0) is 0 Å². The molecule has 0 radical (unpaired) electrons. The Bertz CT molecular complexity index is 6.00. The van der Waals surface area contributed by atoms with Gasteiger partial charge in [-0.15, -0.1) is 0 Å². The van der Waals surface area contributed by atoms with Crippen LogP contribution in [0.3, 0.4) is 0 Å². The zero-order valence-electron chi connectivity index (χ0n) is 1.66. The minimum atomic E-state index is 0. The first-order valence-corrected chi connectivity index (χ1v) is 6.61. The van der Waals surface area contributed by atoms with E-state index in [2.05, 4.69) is 28.1 Å². The van der Waals surface area contributed by atoms with Gasteiger partial charge in [0.2, 0.25) is 0 Å². The standard InChI is InChI=1S/2BrH.Cr.H2O/h2*1H;;1H2/q;;+2;/p-2. The van der Waals surface area contributed by atoms with Gasteiger partial charge in [0.15, 0.2) is 0 Å². The summed E-state index contributed by atoms with van der Waals surface area (Å²) in [6.45, 7) is 0. The summed E-state index contributed by atoms with van der Waals surface area (Å²) in [7, 11) is 0. The van der Waals surface area contributed by atoms with Crippen molar-refractivity contribution < 1.29 is 17.0 Å². The third kappa shape index (κ3) is 9.84. The molecule has 4 heteroatoms. The molecule has 0 amide bonds. The van der Waals surface area contributed by atoms with Crippen LogP contribution in [0.1, 0.15) is 0 Å². The maximum atomic E-state index is 3.12. The van der Waals surface area contributed by atoms with Crippen LogP contribution in [-0.2, 0) is 11.6 Å². The zero-order valence-corrected chi connectivity index (χ0v) is 6.11. The first kappa shape index (κ1) is 9.07. The summed E-state index contributed by atoms with van der Waals surface area (Å²) >= 11 is 6.75. The first-order chi connectivity index (χ1) is 1.41. The van der Waals surface area contributed by atoms with Gasteiger partial charge in [-0.3, -0.25) is 0 Å². The fraction of sp³-hybridized carbons (Fsp3) is 0. The van der Waals surface area contributed by atoms with E-state index >= 15 is 0 Å². The fourth-order valence-electron chi connectivity index (χ4n) is 0. The Kier molecular flexibility index (Phi) is 20.0. The van der Waals surface area contributed by atoms with Crippen molar-refractivity contribution in [3.05, 3.63) is 0 Å². The molecule has 0 fully saturated rings. The second-order valence-corrected chi connectivity index (χ2v) is 6.49. The molecule has 4 heavy (non-hydrogen) atoms. The second kappa shape index (κ2) is 8.82. The Hall–Kier alpha value is 1.45. The average Bonchev–Trinajstić information content (AvgIpc) is 0.918. The minimum absolute atomic E-state index is 0. The number of rotatable bonds is 0.